The van der Waals surface area contributed by atoms with Gasteiger partial charge in [0.2, 0.25) is 53.4 Å². The summed E-state index contributed by atoms with van der Waals surface area (Å²) >= 11 is 14.0. The average molecular weight is 1390 g/mol. The van der Waals surface area contributed by atoms with Crippen LogP contribution in [0.15, 0.2) is 91.5 Å². The lowest BCUT2D eigenvalue weighted by molar-refractivity contribution is -0.286. The summed E-state index contributed by atoms with van der Waals surface area (Å²) in [6.07, 6.45) is -10.3. The number of ether oxygens (including phenoxy) is 5. The Hall–Kier alpha value is -9.34. The number of hydrogen-bond donors (Lipinski definition) is 17. The first-order valence-corrected chi connectivity index (χ1v) is 31.3. The van der Waals surface area contributed by atoms with Crippen LogP contribution in [0.5, 0.6) is 46.0 Å². The Balaban J connectivity index is 1.31. The first kappa shape index (κ1) is 71.9. The topological polar surface area (TPSA) is 475 Å². The van der Waals surface area contributed by atoms with Crippen molar-refractivity contribution in [2.75, 3.05) is 20.3 Å². The zero-order chi connectivity index (χ0) is 70.4. The number of nitrogens with two attached hydrogens (primary N) is 1. The molecule has 6 heterocycles. The number of fused-ring (bicyclic) bond motifs is 15. The van der Waals surface area contributed by atoms with Gasteiger partial charge in [0.15, 0.2) is 17.5 Å². The third-order valence-corrected chi connectivity index (χ3v) is 17.1. The molecule has 5 aromatic rings. The van der Waals surface area contributed by atoms with Crippen LogP contribution in [-0.4, -0.2) is 168 Å². The molecule has 18 N–H and O–H groups in total. The van der Waals surface area contributed by atoms with E-state index >= 15 is 14.4 Å². The van der Waals surface area contributed by atoms with Crippen molar-refractivity contribution in [1.29, 1.82) is 0 Å². The number of benzene rings is 5. The molecule has 11 bridgehead atoms. The summed E-state index contributed by atoms with van der Waals surface area (Å²) in [7, 11) is 1.48. The fourth-order valence-electron chi connectivity index (χ4n) is 11.5. The van der Waals surface area contributed by atoms with E-state index in [1.54, 1.807) is 6.08 Å². The lowest BCUT2D eigenvalue weighted by Gasteiger charge is -2.42. The van der Waals surface area contributed by atoms with E-state index in [0.29, 0.717) is 19.3 Å². The highest BCUT2D eigenvalue weighted by Gasteiger charge is 2.48. The number of aliphatic hydroxyl groups excluding tert-OH is 5. The molecular weight excluding hydrogens is 1320 g/mol. The van der Waals surface area contributed by atoms with Crippen molar-refractivity contribution >= 4 is 70.5 Å². The van der Waals surface area contributed by atoms with Gasteiger partial charge in [0.25, 0.3) is 0 Å². The van der Waals surface area contributed by atoms with E-state index in [4.69, 9.17) is 52.6 Å². The summed E-state index contributed by atoms with van der Waals surface area (Å²) in [6.45, 7) is 6.48. The van der Waals surface area contributed by atoms with E-state index in [0.717, 1.165) is 66.7 Å². The van der Waals surface area contributed by atoms with Gasteiger partial charge in [0.1, 0.15) is 95.6 Å². The minimum atomic E-state index is -2.30. The van der Waals surface area contributed by atoms with Crippen LogP contribution >= 0.6 is 23.2 Å². The molecule has 32 heteroatoms. The Kier molecular flexibility index (Phi) is 22.9. The number of carbonyl (C=O) groups is 8. The van der Waals surface area contributed by atoms with Crippen molar-refractivity contribution in [2.24, 2.45) is 11.7 Å². The second-order valence-electron chi connectivity index (χ2n) is 23.8. The largest absolute Gasteiger partial charge is 0.508 e. The summed E-state index contributed by atoms with van der Waals surface area (Å²) in [6, 6.07) is -0.226. The number of aliphatic carboxylic acids is 1. The van der Waals surface area contributed by atoms with Gasteiger partial charge in [-0.25, -0.2) is 4.79 Å². The molecule has 6 aliphatic heterocycles. The molecule has 0 saturated carbocycles. The van der Waals surface area contributed by atoms with Crippen LogP contribution in [-0.2, 0) is 47.8 Å². The highest BCUT2D eigenvalue weighted by Crippen LogP contribution is 2.49. The third-order valence-electron chi connectivity index (χ3n) is 16.5. The molecule has 0 aromatic heterocycles. The van der Waals surface area contributed by atoms with Crippen molar-refractivity contribution < 1.29 is 108 Å². The quantitative estimate of drug-likeness (QED) is 0.0469. The Bertz CT molecular complexity index is 3880. The van der Waals surface area contributed by atoms with Gasteiger partial charge in [-0.1, -0.05) is 61.3 Å². The highest BCUT2D eigenvalue weighted by atomic mass is 35.5. The average Bonchev–Trinajstić information content (AvgIpc) is 0.773. The van der Waals surface area contributed by atoms with Crippen molar-refractivity contribution in [3.8, 4) is 57.1 Å². The number of amides is 7. The number of likely N-dealkylation sites (N-methyl/N-ethyl adjacent to an activating group) is 1. The molecule has 0 spiro atoms. The molecule has 14 atom stereocenters. The molecule has 1 fully saturated rings. The molecule has 6 aliphatic rings. The zero-order valence-corrected chi connectivity index (χ0v) is 53.6. The van der Waals surface area contributed by atoms with Gasteiger partial charge in [0.05, 0.1) is 29.1 Å². The zero-order valence-electron chi connectivity index (χ0n) is 52.1. The van der Waals surface area contributed by atoms with Crippen LogP contribution in [0.25, 0.3) is 11.1 Å². The van der Waals surface area contributed by atoms with E-state index in [1.807, 2.05) is 13.8 Å². The Morgan fingerprint density at radius 3 is 1.93 bits per heavy atom. The van der Waals surface area contributed by atoms with Crippen LogP contribution in [0.1, 0.15) is 104 Å². The number of aliphatic hydroxyl groups is 5. The maximum absolute atomic E-state index is 15.9. The summed E-state index contributed by atoms with van der Waals surface area (Å²) in [5.41, 5.74) is 3.04. The number of carbonyl (C=O) groups excluding carboxylic acids is 7. The van der Waals surface area contributed by atoms with E-state index in [1.165, 1.54) is 19.2 Å². The van der Waals surface area contributed by atoms with Gasteiger partial charge < -0.3 is 113 Å². The van der Waals surface area contributed by atoms with Gasteiger partial charge in [0, 0.05) is 29.4 Å². The number of allylic oxidation sites excluding steroid dienone is 1. The molecule has 5 aromatic carbocycles. The molecule has 1 saturated heterocycles. The van der Waals surface area contributed by atoms with Crippen molar-refractivity contribution in [1.82, 2.24) is 37.2 Å². The minimum absolute atomic E-state index is 0.0181. The summed E-state index contributed by atoms with van der Waals surface area (Å²) in [5, 5.41) is 120. The number of phenolic OH excluding ortho intramolecular Hbond substituents is 3. The standard InChI is InChI=1S/C65H72Cl2N8O22/c1-5-6-7-8-15-93-57-54(83)44(25-76)96-65(55(57)84)97-56-42-20-30-21-43(56)95-41-14-11-29(19-35(41)67)53(82)51-63(90)73-49(64(91)92)33-22-31(77)23-39(79)46(33)32-17-27(9-12-38(32)78)47(60(87)75-51)72-61(88)48(30)71-59(86)37(24-45(68)80)70-62(89)50(74-58(85)36(69-4)16-26(2)3)52(81)28-10-13-40(94-42)34(66)18-28/h5,9-14,17-23,26,36-37,44,47-55,57,65,69,76-79,81-84H,1,6-8,15-16,24-25H2,2-4H3,(H2,68,80)(H,70,89)(H,71,86)(H,72,88)(H,73,90)(H,74,85)(H,75,87)(H,91,92)/t36-,37+,44-,47-,48-,49+,50-,51+,52-,53-,54-,55-,57+,65+/m1/s1. The maximum atomic E-state index is 15.9. The summed E-state index contributed by atoms with van der Waals surface area (Å²) in [4.78, 5) is 116. The number of phenols is 3. The van der Waals surface area contributed by atoms with Gasteiger partial charge in [-0.05, 0) is 115 Å². The third kappa shape index (κ3) is 16.1. The molecular formula is C65H72Cl2N8O22. The van der Waals surface area contributed by atoms with E-state index in [2.05, 4.69) is 43.8 Å². The first-order valence-electron chi connectivity index (χ1n) is 30.5. The number of hydrogen-bond acceptors (Lipinski definition) is 22. The number of carboxylic acid groups (broad SMARTS) is 1. The monoisotopic (exact) mass is 1390 g/mol. The number of halogens is 2. The lowest BCUT2D eigenvalue weighted by Crippen LogP contribution is -2.61. The predicted molar refractivity (Wildman–Crippen MR) is 341 cm³/mol. The van der Waals surface area contributed by atoms with Crippen LogP contribution < -0.4 is 57.2 Å². The molecule has 518 valence electrons. The van der Waals surface area contributed by atoms with Crippen LogP contribution in [0.4, 0.5) is 0 Å². The van der Waals surface area contributed by atoms with Gasteiger partial charge in [-0.2, -0.15) is 0 Å². The summed E-state index contributed by atoms with van der Waals surface area (Å²) < 4.78 is 31.6. The minimum Gasteiger partial charge on any atom is -0.508 e. The lowest BCUT2D eigenvalue weighted by atomic mass is 9.89. The van der Waals surface area contributed by atoms with E-state index in [9.17, 15) is 69.9 Å². The van der Waals surface area contributed by atoms with Crippen molar-refractivity contribution in [3.63, 3.8) is 0 Å². The summed E-state index contributed by atoms with van der Waals surface area (Å²) in [5.74, 6) is -15.5. The van der Waals surface area contributed by atoms with Gasteiger partial charge >= 0.3 is 5.97 Å². The van der Waals surface area contributed by atoms with E-state index in [-0.39, 0.29) is 52.2 Å². The molecule has 7 amide bonds. The van der Waals surface area contributed by atoms with Crippen LogP contribution in [0.3, 0.4) is 0 Å². The first-order chi connectivity index (χ1) is 46.1. The number of rotatable bonds is 17. The SMILES string of the molecule is C=CCCCCO[C@@H]1[C@@H](O)[C@H](Oc2c3cc4cc2Oc2ccc(cc2Cl)[C@@H](O)[C@@H](NC(=O)[C@@H](CC(C)C)NC)C(=O)N[C@@H](CC(N)=O)C(=O)N[C@H]4C(=O)N[C@H]2C(=O)N[C@H](C(=O)N[C@H](C(=O)O)c4cc(O)cc(O)c4-c4cc2ccc4O)[C@H](O)c2ccc(c(Cl)c2)O3)O[C@H](CO)[C@H]1O. The molecule has 0 radical (unpaired) electrons. The Morgan fingerprint density at radius 2 is 1.33 bits per heavy atom. The molecule has 30 nitrogen and oxygen atoms in total. The highest BCUT2D eigenvalue weighted by molar-refractivity contribution is 6.32. The van der Waals surface area contributed by atoms with Gasteiger partial charge in [-0.3, -0.25) is 33.6 Å². The molecule has 97 heavy (non-hydrogen) atoms. The number of primary amides is 1. The van der Waals surface area contributed by atoms with Crippen molar-refractivity contribution in [3.05, 3.63) is 129 Å². The fourth-order valence-corrected chi connectivity index (χ4v) is 12.0. The molecule has 11 rings (SSSR count). The fraction of sp³-hybridized carbons (Fsp3) is 0.385. The van der Waals surface area contributed by atoms with Crippen LogP contribution in [0.2, 0.25) is 10.0 Å². The second kappa shape index (κ2) is 30.8. The Morgan fingerprint density at radius 1 is 0.711 bits per heavy atom. The predicted octanol–water partition coefficient (Wildman–Crippen LogP) is 2.25. The van der Waals surface area contributed by atoms with E-state index < -0.39 is 207 Å². The maximum Gasteiger partial charge on any atom is 0.330 e. The molecule has 0 aliphatic carbocycles. The smallest absolute Gasteiger partial charge is 0.330 e. The Labute approximate surface area is 563 Å². The number of carboxylic acids is 1. The number of unbranched alkanes of at least 4 members (excludes halogenated alkanes) is 2. The number of nitrogens with one attached hydrogen (secondary N) is 7. The second-order valence-corrected chi connectivity index (χ2v) is 24.6. The normalized spacial score (nSPS) is 25.3. The molecule has 0 unspecified atom stereocenters. The van der Waals surface area contributed by atoms with Gasteiger partial charge in [-0.15, -0.1) is 6.58 Å². The number of aromatic hydroxyl groups is 3. The van der Waals surface area contributed by atoms with Crippen molar-refractivity contribution in [2.45, 2.75) is 131 Å². The van der Waals surface area contributed by atoms with Crippen LogP contribution in [0, 0.1) is 5.92 Å².